The van der Waals surface area contributed by atoms with Crippen LogP contribution in [0.15, 0.2) is 24.7 Å². The lowest BCUT2D eigenvalue weighted by Crippen LogP contribution is -2.47. The molecule has 2 saturated carbocycles. The Hall–Kier alpha value is -2.62. The molecule has 2 amide bonds. The van der Waals surface area contributed by atoms with Crippen LogP contribution in [0.4, 0.5) is 9.59 Å². The lowest BCUT2D eigenvalue weighted by Gasteiger charge is -2.46. The number of ether oxygens (including phenoxy) is 6. The number of aliphatic hydroxyl groups excluding tert-OH is 2. The molecule has 6 N–H and O–H groups in total. The molecule has 0 aromatic rings. The van der Waals surface area contributed by atoms with Gasteiger partial charge in [0.05, 0.1) is 19.2 Å². The third-order valence-corrected chi connectivity index (χ3v) is 10.4. The lowest BCUT2D eigenvalue weighted by atomic mass is 9.63. The quantitative estimate of drug-likeness (QED) is 0.127. The normalized spacial score (nSPS) is 32.3. The summed E-state index contributed by atoms with van der Waals surface area (Å²) >= 11 is 0. The van der Waals surface area contributed by atoms with Gasteiger partial charge in [0.1, 0.15) is 36.9 Å². The molecular formula is C38H66N4O10. The molecule has 0 bridgehead atoms. The van der Waals surface area contributed by atoms with Gasteiger partial charge >= 0.3 is 12.2 Å². The van der Waals surface area contributed by atoms with Crippen LogP contribution in [-0.2, 0) is 28.4 Å². The minimum absolute atomic E-state index is 0.0267. The molecule has 0 aromatic heterocycles. The number of alkyl carbamates (subject to hydrolysis) is 2. The van der Waals surface area contributed by atoms with Gasteiger partial charge in [0.25, 0.3) is 0 Å². The van der Waals surface area contributed by atoms with Crippen molar-refractivity contribution in [3.8, 4) is 0 Å². The molecule has 298 valence electrons. The molecule has 52 heavy (non-hydrogen) atoms. The average molecular weight is 739 g/mol. The van der Waals surface area contributed by atoms with E-state index in [1.54, 1.807) is 0 Å². The summed E-state index contributed by atoms with van der Waals surface area (Å²) < 4.78 is 33.9. The zero-order chi connectivity index (χ0) is 38.2. The molecular weight excluding hydrogens is 672 g/mol. The molecule has 4 rings (SSSR count). The molecule has 4 aliphatic rings. The van der Waals surface area contributed by atoms with Crippen molar-refractivity contribution < 1.29 is 48.2 Å². The fraction of sp³-hybridized carbons (Fsp3) is 0.842. The van der Waals surface area contributed by atoms with Crippen LogP contribution >= 0.6 is 0 Å². The Bertz CT molecular complexity index is 1230. The Labute approximate surface area is 310 Å². The standard InChI is InChI=1S/C38H66N4O10/c1-25-19-47-31(49-25)16-39-23-37(7)12-29(10-35(3,4)21-37)51-33(45)41-14-27(18-43)9-28(44)15-42-34(46)52-30-11-36(5,6)22-38(8,13-30)24-40-17-32-48-20-26(2)50-32/h27-32,39-40,43-44H,1-2,9-24H2,3-8H3,(H,41,45)(H,42,46). The summed E-state index contributed by atoms with van der Waals surface area (Å²) in [6.07, 6.45) is 1.67. The summed E-state index contributed by atoms with van der Waals surface area (Å²) in [5.74, 6) is 0.832. The maximum Gasteiger partial charge on any atom is 0.407 e. The van der Waals surface area contributed by atoms with Gasteiger partial charge in [-0.2, -0.15) is 0 Å². The number of nitrogens with one attached hydrogen (secondary N) is 4. The first-order valence-electron chi connectivity index (χ1n) is 18.9. The summed E-state index contributed by atoms with van der Waals surface area (Å²) in [6, 6.07) is 0. The van der Waals surface area contributed by atoms with E-state index in [1.807, 2.05) is 0 Å². The number of carbonyl (C=O) groups excluding carboxylic acids is 2. The van der Waals surface area contributed by atoms with E-state index in [2.05, 4.69) is 76.0 Å². The second kappa shape index (κ2) is 18.1. The highest BCUT2D eigenvalue weighted by atomic mass is 16.7. The maximum atomic E-state index is 12.9. The van der Waals surface area contributed by atoms with Crippen LogP contribution in [0.25, 0.3) is 0 Å². The Morgan fingerprint density at radius 1 is 0.769 bits per heavy atom. The van der Waals surface area contributed by atoms with Crippen molar-refractivity contribution in [1.29, 1.82) is 0 Å². The van der Waals surface area contributed by atoms with E-state index in [1.165, 1.54) is 0 Å². The Kier molecular flexibility index (Phi) is 14.7. The number of hydrogen-bond donors (Lipinski definition) is 6. The molecule has 0 spiro atoms. The molecule has 14 heteroatoms. The number of rotatable bonds is 17. The minimum atomic E-state index is -0.943. The van der Waals surface area contributed by atoms with Crippen LogP contribution in [0.5, 0.6) is 0 Å². The van der Waals surface area contributed by atoms with Crippen LogP contribution in [0.1, 0.15) is 86.5 Å². The van der Waals surface area contributed by atoms with Gasteiger partial charge in [-0.1, -0.05) is 54.7 Å². The van der Waals surface area contributed by atoms with Crippen LogP contribution < -0.4 is 21.3 Å². The topological polar surface area (TPSA) is 178 Å². The fourth-order valence-corrected chi connectivity index (χ4v) is 9.08. The monoisotopic (exact) mass is 738 g/mol. The first-order valence-corrected chi connectivity index (χ1v) is 18.9. The van der Waals surface area contributed by atoms with E-state index >= 15 is 0 Å². The van der Waals surface area contributed by atoms with Crippen LogP contribution in [0.3, 0.4) is 0 Å². The third-order valence-electron chi connectivity index (χ3n) is 10.4. The number of aliphatic hydroxyl groups is 2. The van der Waals surface area contributed by atoms with Gasteiger partial charge in [-0.3, -0.25) is 0 Å². The highest BCUT2D eigenvalue weighted by Gasteiger charge is 2.44. The molecule has 2 heterocycles. The molecule has 14 nitrogen and oxygen atoms in total. The predicted molar refractivity (Wildman–Crippen MR) is 195 cm³/mol. The van der Waals surface area contributed by atoms with Crippen LogP contribution in [0, 0.1) is 27.6 Å². The summed E-state index contributed by atoms with van der Waals surface area (Å²) in [5, 5.41) is 33.0. The van der Waals surface area contributed by atoms with E-state index in [0.717, 1.165) is 38.8 Å². The van der Waals surface area contributed by atoms with Crippen LogP contribution in [-0.4, -0.2) is 112 Å². The van der Waals surface area contributed by atoms with Crippen molar-refractivity contribution in [2.45, 2.75) is 117 Å². The Morgan fingerprint density at radius 2 is 1.21 bits per heavy atom. The fourth-order valence-electron chi connectivity index (χ4n) is 9.08. The SMILES string of the molecule is C=C1COC(CNCC2(C)CC(OC(=O)NCC(O)CC(CO)CNC(=O)OC3CC(C)(C)CC(C)(CNCC4OCC(=C)O4)C3)CC(C)(C)C2)O1. The zero-order valence-electron chi connectivity index (χ0n) is 32.4. The molecule has 8 unspecified atom stereocenters. The largest absolute Gasteiger partial charge is 0.466 e. The molecule has 2 aliphatic heterocycles. The van der Waals surface area contributed by atoms with Gasteiger partial charge in [0, 0.05) is 38.7 Å². The van der Waals surface area contributed by atoms with Gasteiger partial charge in [-0.05, 0) is 66.6 Å². The maximum absolute atomic E-state index is 12.9. The van der Waals surface area contributed by atoms with Crippen LogP contribution in [0.2, 0.25) is 0 Å². The number of carbonyl (C=O) groups is 2. The molecule has 0 aromatic carbocycles. The predicted octanol–water partition coefficient (Wildman–Crippen LogP) is 3.92. The molecule has 0 radical (unpaired) electrons. The van der Waals surface area contributed by atoms with E-state index in [-0.39, 0.29) is 72.6 Å². The Balaban J connectivity index is 1.14. The van der Waals surface area contributed by atoms with E-state index in [0.29, 0.717) is 50.7 Å². The lowest BCUT2D eigenvalue weighted by molar-refractivity contribution is -0.0399. The minimum Gasteiger partial charge on any atom is -0.466 e. The van der Waals surface area contributed by atoms with Gasteiger partial charge in [-0.15, -0.1) is 0 Å². The summed E-state index contributed by atoms with van der Waals surface area (Å²) in [5.41, 5.74) is -0.265. The first kappa shape index (κ1) is 42.1. The summed E-state index contributed by atoms with van der Waals surface area (Å²) in [7, 11) is 0. The molecule has 2 aliphatic carbocycles. The second-order valence-electron chi connectivity index (χ2n) is 17.9. The molecule has 2 saturated heterocycles. The van der Waals surface area contributed by atoms with E-state index in [4.69, 9.17) is 28.4 Å². The second-order valence-corrected chi connectivity index (χ2v) is 17.9. The smallest absolute Gasteiger partial charge is 0.407 e. The molecule has 8 atom stereocenters. The van der Waals surface area contributed by atoms with E-state index in [9.17, 15) is 19.8 Å². The highest BCUT2D eigenvalue weighted by Crippen LogP contribution is 2.48. The zero-order valence-corrected chi connectivity index (χ0v) is 32.4. The van der Waals surface area contributed by atoms with Gasteiger partial charge < -0.3 is 59.9 Å². The van der Waals surface area contributed by atoms with Crippen molar-refractivity contribution in [3.05, 3.63) is 24.7 Å². The van der Waals surface area contributed by atoms with Crippen molar-refractivity contribution in [3.63, 3.8) is 0 Å². The number of hydrogen-bond acceptors (Lipinski definition) is 12. The van der Waals surface area contributed by atoms with Crippen molar-refractivity contribution >= 4 is 12.2 Å². The molecule has 4 fully saturated rings. The van der Waals surface area contributed by atoms with E-state index < -0.39 is 24.2 Å². The van der Waals surface area contributed by atoms with Gasteiger partial charge in [0.15, 0.2) is 0 Å². The summed E-state index contributed by atoms with van der Waals surface area (Å²) in [6.45, 7) is 23.9. The van der Waals surface area contributed by atoms with Crippen molar-refractivity contribution in [2.75, 3.05) is 59.1 Å². The van der Waals surface area contributed by atoms with Crippen molar-refractivity contribution in [1.82, 2.24) is 21.3 Å². The Morgan fingerprint density at radius 3 is 1.62 bits per heavy atom. The van der Waals surface area contributed by atoms with Gasteiger partial charge in [0.2, 0.25) is 12.6 Å². The average Bonchev–Trinajstić information content (AvgIpc) is 3.62. The number of amides is 2. The first-order chi connectivity index (χ1) is 24.3. The highest BCUT2D eigenvalue weighted by molar-refractivity contribution is 5.67. The van der Waals surface area contributed by atoms with Gasteiger partial charge in [-0.25, -0.2) is 9.59 Å². The van der Waals surface area contributed by atoms with Crippen molar-refractivity contribution in [2.24, 2.45) is 27.6 Å². The summed E-state index contributed by atoms with van der Waals surface area (Å²) in [4.78, 5) is 25.7. The third kappa shape index (κ3) is 14.0.